The molecule has 2 aromatic rings. The average molecular weight is 307 g/mol. The van der Waals surface area contributed by atoms with E-state index in [4.69, 9.17) is 16.2 Å². The Labute approximate surface area is 113 Å². The lowest BCUT2D eigenvalue weighted by atomic mass is 10.2. The molecule has 2 aromatic carbocycles. The third-order valence-electron chi connectivity index (χ3n) is 2.36. The van der Waals surface area contributed by atoms with Gasteiger partial charge < -0.3 is 16.2 Å². The van der Waals surface area contributed by atoms with E-state index in [1.807, 2.05) is 12.1 Å². The van der Waals surface area contributed by atoms with Crippen LogP contribution >= 0.6 is 15.9 Å². The van der Waals surface area contributed by atoms with E-state index in [0.29, 0.717) is 27.2 Å². The zero-order chi connectivity index (χ0) is 13.1. The molecule has 4 nitrogen and oxygen atoms in total. The van der Waals surface area contributed by atoms with E-state index < -0.39 is 5.91 Å². The average Bonchev–Trinajstić information content (AvgIpc) is 2.34. The predicted molar refractivity (Wildman–Crippen MR) is 73.6 cm³/mol. The van der Waals surface area contributed by atoms with Gasteiger partial charge in [-0.15, -0.1) is 0 Å². The third kappa shape index (κ3) is 2.62. The van der Waals surface area contributed by atoms with Crippen molar-refractivity contribution < 1.29 is 9.53 Å². The first kappa shape index (κ1) is 12.4. The molecule has 92 valence electrons. The van der Waals surface area contributed by atoms with Gasteiger partial charge in [0, 0.05) is 5.56 Å². The zero-order valence-corrected chi connectivity index (χ0v) is 11.0. The lowest BCUT2D eigenvalue weighted by Crippen LogP contribution is -2.10. The number of hydrogen-bond donors (Lipinski definition) is 2. The molecule has 0 aromatic heterocycles. The smallest absolute Gasteiger partial charge is 0.248 e. The first-order valence-electron chi connectivity index (χ1n) is 5.19. The molecule has 5 heteroatoms. The van der Waals surface area contributed by atoms with E-state index in [-0.39, 0.29) is 0 Å². The Morgan fingerprint density at radius 3 is 2.44 bits per heavy atom. The molecule has 0 atom stereocenters. The number of primary amides is 1. The number of amides is 1. The Kier molecular flexibility index (Phi) is 3.53. The number of carbonyl (C=O) groups excluding carboxylic acids is 1. The first-order chi connectivity index (χ1) is 8.58. The van der Waals surface area contributed by atoms with E-state index in [9.17, 15) is 4.79 Å². The van der Waals surface area contributed by atoms with Gasteiger partial charge >= 0.3 is 0 Å². The van der Waals surface area contributed by atoms with Crippen LogP contribution in [0.3, 0.4) is 0 Å². The largest absolute Gasteiger partial charge is 0.454 e. The number of para-hydroxylation sites is 2. The second kappa shape index (κ2) is 5.10. The number of nitrogen functional groups attached to an aromatic ring is 1. The predicted octanol–water partition coefficient (Wildman–Crippen LogP) is 2.92. The summed E-state index contributed by atoms with van der Waals surface area (Å²) in [5, 5.41) is 0. The van der Waals surface area contributed by atoms with Crippen molar-refractivity contribution in [3.05, 3.63) is 52.5 Å². The normalized spacial score (nSPS) is 10.1. The SMILES string of the molecule is NC(=O)c1ccc(Oc2ccccc2N)c(Br)c1. The highest BCUT2D eigenvalue weighted by molar-refractivity contribution is 9.10. The van der Waals surface area contributed by atoms with Crippen molar-refractivity contribution in [1.82, 2.24) is 0 Å². The lowest BCUT2D eigenvalue weighted by molar-refractivity contribution is 0.1000. The molecule has 0 radical (unpaired) electrons. The van der Waals surface area contributed by atoms with Crippen LogP contribution in [0.1, 0.15) is 10.4 Å². The van der Waals surface area contributed by atoms with E-state index in [0.717, 1.165) is 0 Å². The molecule has 0 saturated heterocycles. The molecular formula is C13H11BrN2O2. The quantitative estimate of drug-likeness (QED) is 0.856. The van der Waals surface area contributed by atoms with Crippen molar-refractivity contribution in [3.63, 3.8) is 0 Å². The molecule has 1 amide bonds. The molecule has 2 rings (SSSR count). The maximum absolute atomic E-state index is 11.0. The fourth-order valence-electron chi connectivity index (χ4n) is 1.43. The molecule has 0 aliphatic rings. The molecule has 0 aliphatic heterocycles. The van der Waals surface area contributed by atoms with Crippen molar-refractivity contribution in [2.45, 2.75) is 0 Å². The van der Waals surface area contributed by atoms with Crippen molar-refractivity contribution in [3.8, 4) is 11.5 Å². The Balaban J connectivity index is 2.30. The summed E-state index contributed by atoms with van der Waals surface area (Å²) in [5.74, 6) is 0.643. The van der Waals surface area contributed by atoms with Gasteiger partial charge in [0.25, 0.3) is 0 Å². The fourth-order valence-corrected chi connectivity index (χ4v) is 1.89. The maximum Gasteiger partial charge on any atom is 0.248 e. The molecule has 0 saturated carbocycles. The van der Waals surface area contributed by atoms with Crippen LogP contribution in [0.25, 0.3) is 0 Å². The topological polar surface area (TPSA) is 78.3 Å². The Morgan fingerprint density at radius 2 is 1.83 bits per heavy atom. The maximum atomic E-state index is 11.0. The highest BCUT2D eigenvalue weighted by atomic mass is 79.9. The monoisotopic (exact) mass is 306 g/mol. The van der Waals surface area contributed by atoms with Crippen LogP contribution in [0.2, 0.25) is 0 Å². The summed E-state index contributed by atoms with van der Waals surface area (Å²) in [4.78, 5) is 11.0. The summed E-state index contributed by atoms with van der Waals surface area (Å²) in [7, 11) is 0. The number of ether oxygens (including phenoxy) is 1. The number of rotatable bonds is 3. The molecule has 18 heavy (non-hydrogen) atoms. The van der Waals surface area contributed by atoms with Crippen LogP contribution in [0.15, 0.2) is 46.9 Å². The van der Waals surface area contributed by atoms with E-state index in [1.165, 1.54) is 0 Å². The second-order valence-corrected chi connectivity index (χ2v) is 4.50. The van der Waals surface area contributed by atoms with Crippen LogP contribution in [-0.4, -0.2) is 5.91 Å². The molecule has 0 fully saturated rings. The number of hydrogen-bond acceptors (Lipinski definition) is 3. The summed E-state index contributed by atoms with van der Waals surface area (Å²) in [6.07, 6.45) is 0. The number of halogens is 1. The van der Waals surface area contributed by atoms with Crippen molar-refractivity contribution in [1.29, 1.82) is 0 Å². The summed E-state index contributed by atoms with van der Waals surface area (Å²) in [6, 6.07) is 12.0. The minimum Gasteiger partial charge on any atom is -0.454 e. The number of anilines is 1. The zero-order valence-electron chi connectivity index (χ0n) is 9.39. The standard InChI is InChI=1S/C13H11BrN2O2/c14-9-7-8(13(16)17)5-6-11(9)18-12-4-2-1-3-10(12)15/h1-7H,15H2,(H2,16,17). The Hall–Kier alpha value is -2.01. The summed E-state index contributed by atoms with van der Waals surface area (Å²) in [6.45, 7) is 0. The second-order valence-electron chi connectivity index (χ2n) is 3.65. The highest BCUT2D eigenvalue weighted by Crippen LogP contribution is 2.32. The molecule has 4 N–H and O–H groups in total. The van der Waals surface area contributed by atoms with E-state index >= 15 is 0 Å². The van der Waals surface area contributed by atoms with Crippen molar-refractivity contribution in [2.24, 2.45) is 5.73 Å². The van der Waals surface area contributed by atoms with Gasteiger partial charge in [0.15, 0.2) is 0 Å². The first-order valence-corrected chi connectivity index (χ1v) is 5.99. The molecule has 0 aliphatic carbocycles. The molecule has 0 heterocycles. The number of benzene rings is 2. The Bertz CT molecular complexity index is 599. The Morgan fingerprint density at radius 1 is 1.11 bits per heavy atom. The minimum atomic E-state index is -0.485. The van der Waals surface area contributed by atoms with Gasteiger partial charge in [0.2, 0.25) is 5.91 Å². The van der Waals surface area contributed by atoms with Crippen LogP contribution in [0.4, 0.5) is 5.69 Å². The molecule has 0 unspecified atom stereocenters. The van der Waals surface area contributed by atoms with Crippen LogP contribution < -0.4 is 16.2 Å². The summed E-state index contributed by atoms with van der Waals surface area (Å²) < 4.78 is 6.29. The van der Waals surface area contributed by atoms with Gasteiger partial charge in [-0.2, -0.15) is 0 Å². The highest BCUT2D eigenvalue weighted by Gasteiger charge is 2.08. The fraction of sp³-hybridized carbons (Fsp3) is 0. The van der Waals surface area contributed by atoms with Gasteiger partial charge in [-0.05, 0) is 46.3 Å². The van der Waals surface area contributed by atoms with Gasteiger partial charge in [-0.25, -0.2) is 0 Å². The van der Waals surface area contributed by atoms with E-state index in [2.05, 4.69) is 15.9 Å². The summed E-state index contributed by atoms with van der Waals surface area (Å²) in [5.41, 5.74) is 11.9. The van der Waals surface area contributed by atoms with Crippen LogP contribution in [-0.2, 0) is 0 Å². The van der Waals surface area contributed by atoms with Gasteiger partial charge in [-0.3, -0.25) is 4.79 Å². The van der Waals surface area contributed by atoms with Crippen LogP contribution in [0, 0.1) is 0 Å². The lowest BCUT2D eigenvalue weighted by Gasteiger charge is -2.10. The minimum absolute atomic E-state index is 0.412. The van der Waals surface area contributed by atoms with Gasteiger partial charge in [0.1, 0.15) is 11.5 Å². The molecule has 0 bridgehead atoms. The van der Waals surface area contributed by atoms with Gasteiger partial charge in [0.05, 0.1) is 10.2 Å². The van der Waals surface area contributed by atoms with Crippen molar-refractivity contribution in [2.75, 3.05) is 5.73 Å². The third-order valence-corrected chi connectivity index (χ3v) is 2.98. The molecular weight excluding hydrogens is 296 g/mol. The van der Waals surface area contributed by atoms with Crippen molar-refractivity contribution >= 4 is 27.5 Å². The number of nitrogens with two attached hydrogens (primary N) is 2. The van der Waals surface area contributed by atoms with E-state index in [1.54, 1.807) is 30.3 Å². The van der Waals surface area contributed by atoms with Gasteiger partial charge in [-0.1, -0.05) is 12.1 Å². The summed E-state index contributed by atoms with van der Waals surface area (Å²) >= 11 is 3.32. The number of carbonyl (C=O) groups is 1. The van der Waals surface area contributed by atoms with Crippen LogP contribution in [0.5, 0.6) is 11.5 Å². The molecule has 0 spiro atoms.